The van der Waals surface area contributed by atoms with Crippen molar-refractivity contribution < 1.29 is 38.1 Å². The molecule has 0 aromatic carbocycles. The Morgan fingerprint density at radius 1 is 0.920 bits per heavy atom. The van der Waals surface area contributed by atoms with Gasteiger partial charge in [-0.25, -0.2) is 9.59 Å². The van der Waals surface area contributed by atoms with Crippen molar-refractivity contribution in [2.24, 2.45) is 0 Å². The molecular formula is C16H25NO8. The van der Waals surface area contributed by atoms with Crippen LogP contribution in [-0.4, -0.2) is 56.0 Å². The quantitative estimate of drug-likeness (QED) is 0.267. The van der Waals surface area contributed by atoms with Crippen LogP contribution in [0.1, 0.15) is 33.6 Å². The Hall–Kier alpha value is -2.58. The van der Waals surface area contributed by atoms with E-state index >= 15 is 0 Å². The Kier molecular flexibility index (Phi) is 10.7. The predicted octanol–water partition coefficient (Wildman–Crippen LogP) is 1.11. The minimum Gasteiger partial charge on any atom is -0.464 e. The average molecular weight is 359 g/mol. The standard InChI is InChI=1S/C16H25NO8/c1-5-12(18)23-10-11-24-14(20)7-6-13(19)22-9-8-17-15(21)25-16(2,3)4/h5H,1,6-11H2,2-4H3,(H,17,21). The number of nitrogens with one attached hydrogen (secondary N) is 1. The van der Waals surface area contributed by atoms with Gasteiger partial charge in [-0.2, -0.15) is 0 Å². The Balaban J connectivity index is 3.66. The maximum Gasteiger partial charge on any atom is 0.407 e. The summed E-state index contributed by atoms with van der Waals surface area (Å²) in [5, 5.41) is 2.43. The molecule has 0 bridgehead atoms. The predicted molar refractivity (Wildman–Crippen MR) is 86.5 cm³/mol. The van der Waals surface area contributed by atoms with Gasteiger partial charge in [0.05, 0.1) is 19.4 Å². The third-order valence-corrected chi connectivity index (χ3v) is 2.32. The summed E-state index contributed by atoms with van der Waals surface area (Å²) in [6.45, 7) is 8.28. The van der Waals surface area contributed by atoms with E-state index in [9.17, 15) is 19.2 Å². The average Bonchev–Trinajstić information content (AvgIpc) is 2.51. The van der Waals surface area contributed by atoms with Gasteiger partial charge in [-0.05, 0) is 20.8 Å². The maximum absolute atomic E-state index is 11.4. The Morgan fingerprint density at radius 3 is 1.96 bits per heavy atom. The number of rotatable bonds is 10. The van der Waals surface area contributed by atoms with E-state index in [-0.39, 0.29) is 39.2 Å². The number of amides is 1. The lowest BCUT2D eigenvalue weighted by molar-refractivity contribution is -0.152. The number of hydrogen-bond acceptors (Lipinski definition) is 8. The van der Waals surface area contributed by atoms with Crippen LogP contribution in [0.25, 0.3) is 0 Å². The lowest BCUT2D eigenvalue weighted by Gasteiger charge is -2.19. The number of esters is 3. The summed E-state index contributed by atoms with van der Waals surface area (Å²) in [6, 6.07) is 0. The maximum atomic E-state index is 11.4. The van der Waals surface area contributed by atoms with E-state index in [1.54, 1.807) is 20.8 Å². The molecule has 0 spiro atoms. The molecule has 0 fully saturated rings. The summed E-state index contributed by atoms with van der Waals surface area (Å²) in [5.74, 6) is -1.82. The molecule has 0 saturated heterocycles. The summed E-state index contributed by atoms with van der Waals surface area (Å²) < 4.78 is 19.2. The van der Waals surface area contributed by atoms with Crippen LogP contribution in [0.15, 0.2) is 12.7 Å². The molecule has 0 atom stereocenters. The summed E-state index contributed by atoms with van der Waals surface area (Å²) in [5.41, 5.74) is -0.606. The zero-order valence-electron chi connectivity index (χ0n) is 14.8. The van der Waals surface area contributed by atoms with Gasteiger partial charge in [-0.1, -0.05) is 6.58 Å². The highest BCUT2D eigenvalue weighted by Gasteiger charge is 2.15. The van der Waals surface area contributed by atoms with Crippen molar-refractivity contribution in [1.29, 1.82) is 0 Å². The van der Waals surface area contributed by atoms with Crippen molar-refractivity contribution >= 4 is 24.0 Å². The molecule has 0 aromatic rings. The molecule has 0 aliphatic heterocycles. The van der Waals surface area contributed by atoms with Gasteiger partial charge >= 0.3 is 24.0 Å². The van der Waals surface area contributed by atoms with Gasteiger partial charge in [0.2, 0.25) is 0 Å². The molecule has 0 rings (SSSR count). The Labute approximate surface area is 146 Å². The highest BCUT2D eigenvalue weighted by molar-refractivity contribution is 5.81. The first-order valence-corrected chi connectivity index (χ1v) is 7.71. The van der Waals surface area contributed by atoms with E-state index in [1.165, 1.54) is 0 Å². The fourth-order valence-electron chi connectivity index (χ4n) is 1.34. The van der Waals surface area contributed by atoms with Gasteiger partial charge in [0.1, 0.15) is 25.4 Å². The highest BCUT2D eigenvalue weighted by atomic mass is 16.6. The first kappa shape index (κ1) is 22.4. The van der Waals surface area contributed by atoms with Crippen molar-refractivity contribution in [2.75, 3.05) is 26.4 Å². The smallest absolute Gasteiger partial charge is 0.407 e. The van der Waals surface area contributed by atoms with Crippen LogP contribution in [-0.2, 0) is 33.3 Å². The normalized spacial score (nSPS) is 10.4. The molecule has 9 nitrogen and oxygen atoms in total. The Bertz CT molecular complexity index is 481. The zero-order chi connectivity index (χ0) is 19.3. The van der Waals surface area contributed by atoms with Gasteiger partial charge in [0.25, 0.3) is 0 Å². The molecule has 0 unspecified atom stereocenters. The van der Waals surface area contributed by atoms with Crippen molar-refractivity contribution in [3.05, 3.63) is 12.7 Å². The van der Waals surface area contributed by atoms with Crippen LogP contribution in [0.4, 0.5) is 4.79 Å². The van der Waals surface area contributed by atoms with E-state index in [0.717, 1.165) is 6.08 Å². The molecule has 0 saturated carbocycles. The summed E-state index contributed by atoms with van der Waals surface area (Å²) in [7, 11) is 0. The van der Waals surface area contributed by atoms with Crippen LogP contribution in [0.2, 0.25) is 0 Å². The minimum absolute atomic E-state index is 0.0371. The molecule has 0 aliphatic rings. The van der Waals surface area contributed by atoms with E-state index in [2.05, 4.69) is 16.6 Å². The molecule has 0 radical (unpaired) electrons. The van der Waals surface area contributed by atoms with Gasteiger partial charge in [-0.15, -0.1) is 0 Å². The van der Waals surface area contributed by atoms with Crippen LogP contribution in [0.3, 0.4) is 0 Å². The molecule has 9 heteroatoms. The number of ether oxygens (including phenoxy) is 4. The molecule has 0 aromatic heterocycles. The highest BCUT2D eigenvalue weighted by Crippen LogP contribution is 2.06. The van der Waals surface area contributed by atoms with Crippen molar-refractivity contribution in [2.45, 2.75) is 39.2 Å². The van der Waals surface area contributed by atoms with E-state index in [0.29, 0.717) is 0 Å². The molecule has 1 N–H and O–H groups in total. The fourth-order valence-corrected chi connectivity index (χ4v) is 1.34. The second kappa shape index (κ2) is 11.9. The minimum atomic E-state index is -0.613. The second-order valence-electron chi connectivity index (χ2n) is 5.74. The molecule has 25 heavy (non-hydrogen) atoms. The van der Waals surface area contributed by atoms with Gasteiger partial charge in [-0.3, -0.25) is 9.59 Å². The van der Waals surface area contributed by atoms with E-state index in [4.69, 9.17) is 14.2 Å². The lowest BCUT2D eigenvalue weighted by Crippen LogP contribution is -2.34. The molecule has 0 aliphatic carbocycles. The first-order valence-electron chi connectivity index (χ1n) is 7.71. The van der Waals surface area contributed by atoms with Crippen LogP contribution in [0, 0.1) is 0 Å². The molecular weight excluding hydrogens is 334 g/mol. The van der Waals surface area contributed by atoms with Crippen LogP contribution in [0.5, 0.6) is 0 Å². The summed E-state index contributed by atoms with van der Waals surface area (Å²) in [4.78, 5) is 44.8. The number of carbonyl (C=O) groups excluding carboxylic acids is 4. The fraction of sp³-hybridized carbons (Fsp3) is 0.625. The summed E-state index contributed by atoms with van der Waals surface area (Å²) in [6.07, 6.45) is 0.0744. The van der Waals surface area contributed by atoms with Gasteiger partial charge in [0.15, 0.2) is 0 Å². The van der Waals surface area contributed by atoms with Crippen molar-refractivity contribution in [3.8, 4) is 0 Å². The molecule has 1 amide bonds. The Morgan fingerprint density at radius 2 is 1.44 bits per heavy atom. The zero-order valence-corrected chi connectivity index (χ0v) is 14.8. The van der Waals surface area contributed by atoms with Gasteiger partial charge < -0.3 is 24.3 Å². The molecule has 142 valence electrons. The van der Waals surface area contributed by atoms with E-state index < -0.39 is 29.6 Å². The van der Waals surface area contributed by atoms with Gasteiger partial charge in [0, 0.05) is 6.08 Å². The first-order chi connectivity index (χ1) is 11.6. The van der Waals surface area contributed by atoms with Crippen LogP contribution >= 0.6 is 0 Å². The third kappa shape index (κ3) is 14.7. The number of hydrogen-bond donors (Lipinski definition) is 1. The monoisotopic (exact) mass is 359 g/mol. The second-order valence-corrected chi connectivity index (χ2v) is 5.74. The largest absolute Gasteiger partial charge is 0.464 e. The SMILES string of the molecule is C=CC(=O)OCCOC(=O)CCC(=O)OCCNC(=O)OC(C)(C)C. The topological polar surface area (TPSA) is 117 Å². The van der Waals surface area contributed by atoms with Crippen LogP contribution < -0.4 is 5.32 Å². The molecule has 0 heterocycles. The van der Waals surface area contributed by atoms with E-state index in [1.807, 2.05) is 0 Å². The third-order valence-electron chi connectivity index (χ3n) is 2.32. The van der Waals surface area contributed by atoms with Crippen molar-refractivity contribution in [1.82, 2.24) is 5.32 Å². The lowest BCUT2D eigenvalue weighted by atomic mass is 10.2. The van der Waals surface area contributed by atoms with Crippen molar-refractivity contribution in [3.63, 3.8) is 0 Å². The number of carbonyl (C=O) groups is 4. The summed E-state index contributed by atoms with van der Waals surface area (Å²) >= 11 is 0. The number of alkyl carbamates (subject to hydrolysis) is 1.